The molecule has 0 heterocycles. The molecular formula is C2H6Cl2O6P2. The van der Waals surface area contributed by atoms with Gasteiger partial charge < -0.3 is 19.6 Å². The van der Waals surface area contributed by atoms with E-state index in [1.165, 1.54) is 0 Å². The summed E-state index contributed by atoms with van der Waals surface area (Å²) in [6.07, 6.45) is -1.28. The monoisotopic (exact) mass is 258 g/mol. The van der Waals surface area contributed by atoms with Crippen LogP contribution in [0.4, 0.5) is 0 Å². The lowest BCUT2D eigenvalue weighted by molar-refractivity contribution is 0.352. The third-order valence-electron chi connectivity index (χ3n) is 0.822. The number of alkyl halides is 2. The van der Waals surface area contributed by atoms with E-state index in [1.54, 1.807) is 0 Å². The van der Waals surface area contributed by atoms with Gasteiger partial charge in [0.25, 0.3) is 0 Å². The number of hydrogen-bond donors (Lipinski definition) is 4. The Labute approximate surface area is 77.8 Å². The maximum absolute atomic E-state index is 10.4. The van der Waals surface area contributed by atoms with Crippen LogP contribution in [0.1, 0.15) is 0 Å². The Bertz CT molecular complexity index is 250. The fraction of sp³-hybridized carbons (Fsp3) is 1.00. The summed E-state index contributed by atoms with van der Waals surface area (Å²) in [6, 6.07) is 0. The van der Waals surface area contributed by atoms with Crippen molar-refractivity contribution in [2.45, 2.75) is 4.07 Å². The van der Waals surface area contributed by atoms with Crippen molar-refractivity contribution >= 4 is 38.4 Å². The zero-order valence-corrected chi connectivity index (χ0v) is 8.76. The summed E-state index contributed by atoms with van der Waals surface area (Å²) >= 11 is 10.0. The molecule has 0 aliphatic rings. The fourth-order valence-corrected chi connectivity index (χ4v) is 3.06. The molecule has 0 aromatic rings. The number of hydrogen-bond acceptors (Lipinski definition) is 2. The highest BCUT2D eigenvalue weighted by Gasteiger charge is 2.48. The van der Waals surface area contributed by atoms with Crippen LogP contribution in [0, 0.1) is 0 Å². The molecule has 0 saturated heterocycles. The van der Waals surface area contributed by atoms with Crippen LogP contribution in [0.3, 0.4) is 0 Å². The Balaban J connectivity index is 4.68. The molecule has 0 atom stereocenters. The van der Waals surface area contributed by atoms with E-state index < -0.39 is 25.4 Å². The molecular weight excluding hydrogens is 253 g/mol. The summed E-state index contributed by atoms with van der Waals surface area (Å²) in [5, 5.41) is 0. The minimum atomic E-state index is -4.93. The Morgan fingerprint density at radius 2 is 1.42 bits per heavy atom. The van der Waals surface area contributed by atoms with Gasteiger partial charge in [-0.3, -0.25) is 9.13 Å². The predicted octanol–water partition coefficient (Wildman–Crippen LogP) is 0.473. The molecule has 0 rings (SSSR count). The Hall–Kier alpha value is 0.880. The molecule has 0 radical (unpaired) electrons. The lowest BCUT2D eigenvalue weighted by Crippen LogP contribution is -2.18. The second-order valence-corrected chi connectivity index (χ2v) is 7.54. The molecule has 0 saturated carbocycles. The van der Waals surface area contributed by atoms with Gasteiger partial charge in [-0.05, 0) is 0 Å². The summed E-state index contributed by atoms with van der Waals surface area (Å²) in [4.78, 5) is 33.5. The molecule has 0 aliphatic heterocycles. The van der Waals surface area contributed by atoms with E-state index in [2.05, 4.69) is 0 Å². The van der Waals surface area contributed by atoms with Gasteiger partial charge in [0, 0.05) is 0 Å². The molecule has 0 unspecified atom stereocenters. The molecule has 4 N–H and O–H groups in total. The van der Waals surface area contributed by atoms with Gasteiger partial charge in [-0.1, -0.05) is 23.2 Å². The zero-order valence-electron chi connectivity index (χ0n) is 5.46. The van der Waals surface area contributed by atoms with E-state index in [4.69, 9.17) is 42.8 Å². The predicted molar refractivity (Wildman–Crippen MR) is 43.4 cm³/mol. The van der Waals surface area contributed by atoms with Crippen LogP contribution >= 0.6 is 38.4 Å². The fourth-order valence-electron chi connectivity index (χ4n) is 0.340. The quantitative estimate of drug-likeness (QED) is 0.432. The van der Waals surface area contributed by atoms with Crippen LogP contribution in [0.5, 0.6) is 0 Å². The van der Waals surface area contributed by atoms with E-state index in [0.29, 0.717) is 0 Å². The highest BCUT2D eigenvalue weighted by atomic mass is 35.5. The molecule has 6 nitrogen and oxygen atoms in total. The van der Waals surface area contributed by atoms with Crippen molar-refractivity contribution < 1.29 is 28.7 Å². The average Bonchev–Trinajstić information content (AvgIpc) is 1.52. The lowest BCUT2D eigenvalue weighted by atomic mass is 10.9. The van der Waals surface area contributed by atoms with Crippen molar-refractivity contribution in [3.05, 3.63) is 0 Å². The first-order chi connectivity index (χ1) is 4.96. The van der Waals surface area contributed by atoms with Crippen molar-refractivity contribution in [2.24, 2.45) is 0 Å². The molecule has 0 aliphatic carbocycles. The van der Waals surface area contributed by atoms with Crippen molar-refractivity contribution in [1.29, 1.82) is 0 Å². The highest BCUT2D eigenvalue weighted by molar-refractivity contribution is 7.61. The number of rotatable bonds is 3. The summed E-state index contributed by atoms with van der Waals surface area (Å²) in [7, 11) is -9.57. The van der Waals surface area contributed by atoms with E-state index in [1.807, 2.05) is 0 Å². The van der Waals surface area contributed by atoms with E-state index in [0.717, 1.165) is 0 Å². The second-order valence-electron chi connectivity index (χ2n) is 2.03. The van der Waals surface area contributed by atoms with Gasteiger partial charge in [0.15, 0.2) is 0 Å². The first-order valence-electron chi connectivity index (χ1n) is 2.44. The normalized spacial score (nSPS) is 14.8. The van der Waals surface area contributed by atoms with Gasteiger partial charge in [0.1, 0.15) is 0 Å². The second kappa shape index (κ2) is 3.56. The maximum Gasteiger partial charge on any atom is 0.361 e. The molecule has 0 amide bonds. The minimum Gasteiger partial charge on any atom is -0.324 e. The van der Waals surface area contributed by atoms with Crippen molar-refractivity contribution in [3.8, 4) is 0 Å². The molecule has 0 fully saturated rings. The van der Waals surface area contributed by atoms with Gasteiger partial charge in [-0.15, -0.1) is 0 Å². The first-order valence-corrected chi connectivity index (χ1v) is 6.60. The van der Waals surface area contributed by atoms with Crippen LogP contribution in [0.2, 0.25) is 0 Å². The third-order valence-corrected chi connectivity index (χ3v) is 4.93. The summed E-state index contributed by atoms with van der Waals surface area (Å²) in [6.45, 7) is 0. The Morgan fingerprint density at radius 3 is 1.50 bits per heavy atom. The molecule has 0 spiro atoms. The molecule has 0 aromatic heterocycles. The van der Waals surface area contributed by atoms with Crippen molar-refractivity contribution in [1.82, 2.24) is 0 Å². The Morgan fingerprint density at radius 1 is 1.08 bits per heavy atom. The summed E-state index contributed by atoms with van der Waals surface area (Å²) < 4.78 is 18.0. The van der Waals surface area contributed by atoms with Crippen molar-refractivity contribution in [2.75, 3.05) is 6.16 Å². The largest absolute Gasteiger partial charge is 0.361 e. The Kier molecular flexibility index (Phi) is 3.82. The van der Waals surface area contributed by atoms with Crippen LogP contribution in [0.15, 0.2) is 0 Å². The average molecular weight is 259 g/mol. The molecule has 74 valence electrons. The third kappa shape index (κ3) is 4.21. The van der Waals surface area contributed by atoms with Crippen LogP contribution in [-0.2, 0) is 9.13 Å². The van der Waals surface area contributed by atoms with E-state index >= 15 is 0 Å². The zero-order chi connectivity index (χ0) is 10.2. The smallest absolute Gasteiger partial charge is 0.324 e. The van der Waals surface area contributed by atoms with Crippen molar-refractivity contribution in [3.63, 3.8) is 0 Å². The first kappa shape index (κ1) is 12.9. The van der Waals surface area contributed by atoms with Gasteiger partial charge in [-0.2, -0.15) is 0 Å². The standard InChI is InChI=1S/C2H6Cl2O6P2/c3-2(4,12(8,9)10)1-11(5,6)7/h1H2,(H2,5,6,7)(H2,8,9,10). The minimum absolute atomic E-state index is 1.28. The SMILES string of the molecule is O=P(O)(O)CC(Cl)(Cl)P(=O)(O)O. The maximum atomic E-state index is 10.4. The van der Waals surface area contributed by atoms with E-state index in [-0.39, 0.29) is 0 Å². The van der Waals surface area contributed by atoms with Gasteiger partial charge in [0.05, 0.1) is 6.16 Å². The molecule has 0 bridgehead atoms. The summed E-state index contributed by atoms with van der Waals surface area (Å²) in [5.41, 5.74) is 0. The summed E-state index contributed by atoms with van der Waals surface area (Å²) in [5.74, 6) is 0. The van der Waals surface area contributed by atoms with Crippen LogP contribution < -0.4 is 0 Å². The van der Waals surface area contributed by atoms with Crippen LogP contribution in [0.25, 0.3) is 0 Å². The van der Waals surface area contributed by atoms with Gasteiger partial charge in [-0.25, -0.2) is 0 Å². The highest BCUT2D eigenvalue weighted by Crippen LogP contribution is 2.61. The van der Waals surface area contributed by atoms with E-state index in [9.17, 15) is 9.13 Å². The van der Waals surface area contributed by atoms with Gasteiger partial charge >= 0.3 is 15.2 Å². The van der Waals surface area contributed by atoms with Crippen LogP contribution in [-0.4, -0.2) is 29.8 Å². The molecule has 10 heteroatoms. The topological polar surface area (TPSA) is 115 Å². The lowest BCUT2D eigenvalue weighted by Gasteiger charge is -2.20. The molecule has 12 heavy (non-hydrogen) atoms. The molecule has 0 aromatic carbocycles. The van der Waals surface area contributed by atoms with Gasteiger partial charge in [0.2, 0.25) is 4.07 Å². The number of halogens is 2.